The summed E-state index contributed by atoms with van der Waals surface area (Å²) in [7, 11) is 0. The SMILES string of the molecule is C#CCNC(=O)[C@H](C)Sc1nc2ccc(F)cc2c(=O)[nH]1. The number of hydrogen-bond acceptors (Lipinski definition) is 4. The average Bonchev–Trinajstić information content (AvgIpc) is 2.45. The smallest absolute Gasteiger partial charge is 0.259 e. The van der Waals surface area contributed by atoms with Crippen LogP contribution in [0.1, 0.15) is 6.92 Å². The summed E-state index contributed by atoms with van der Waals surface area (Å²) in [6, 6.07) is 3.78. The van der Waals surface area contributed by atoms with Gasteiger partial charge in [0.1, 0.15) is 5.82 Å². The van der Waals surface area contributed by atoms with E-state index in [1.807, 2.05) is 0 Å². The van der Waals surface area contributed by atoms with Crippen LogP contribution in [0, 0.1) is 18.2 Å². The van der Waals surface area contributed by atoms with Crippen molar-refractivity contribution in [1.82, 2.24) is 15.3 Å². The van der Waals surface area contributed by atoms with Gasteiger partial charge in [0.2, 0.25) is 5.91 Å². The zero-order valence-electron chi connectivity index (χ0n) is 11.1. The van der Waals surface area contributed by atoms with Crippen LogP contribution in [0.15, 0.2) is 28.2 Å². The van der Waals surface area contributed by atoms with Crippen molar-refractivity contribution in [2.75, 3.05) is 6.54 Å². The molecule has 2 aromatic rings. The molecule has 2 N–H and O–H groups in total. The molecular formula is C14H12FN3O2S. The topological polar surface area (TPSA) is 74.8 Å². The van der Waals surface area contributed by atoms with E-state index in [0.717, 1.165) is 17.8 Å². The maximum absolute atomic E-state index is 13.1. The highest BCUT2D eigenvalue weighted by atomic mass is 32.2. The summed E-state index contributed by atoms with van der Waals surface area (Å²) in [5.74, 6) is 1.55. The molecule has 108 valence electrons. The molecule has 0 aliphatic carbocycles. The summed E-state index contributed by atoms with van der Waals surface area (Å²) in [6.07, 6.45) is 5.06. The van der Waals surface area contributed by atoms with Gasteiger partial charge < -0.3 is 10.3 Å². The first-order chi connectivity index (χ1) is 10.0. The Balaban J connectivity index is 2.24. The Kier molecular flexibility index (Phi) is 4.60. The Morgan fingerprint density at radius 2 is 2.38 bits per heavy atom. The quantitative estimate of drug-likeness (QED) is 0.507. The van der Waals surface area contributed by atoms with E-state index < -0.39 is 16.6 Å². The molecule has 0 saturated carbocycles. The molecule has 0 radical (unpaired) electrons. The van der Waals surface area contributed by atoms with Crippen LogP contribution in [0.3, 0.4) is 0 Å². The number of thioether (sulfide) groups is 1. The zero-order chi connectivity index (χ0) is 15.4. The van der Waals surface area contributed by atoms with E-state index in [-0.39, 0.29) is 17.8 Å². The van der Waals surface area contributed by atoms with Gasteiger partial charge in [-0.25, -0.2) is 9.37 Å². The molecule has 1 atom stereocenters. The van der Waals surface area contributed by atoms with Gasteiger partial charge in [-0.1, -0.05) is 17.7 Å². The second-order valence-corrected chi connectivity index (χ2v) is 5.54. The van der Waals surface area contributed by atoms with Crippen LogP contribution >= 0.6 is 11.8 Å². The van der Waals surface area contributed by atoms with Crippen LogP contribution in [0.5, 0.6) is 0 Å². The standard InChI is InChI=1S/C14H12FN3O2S/c1-3-6-16-12(19)8(2)21-14-17-11-5-4-9(15)7-10(11)13(20)18-14/h1,4-5,7-8H,6H2,2H3,(H,16,19)(H,17,18,20)/t8-/m0/s1. The average molecular weight is 305 g/mol. The highest BCUT2D eigenvalue weighted by Gasteiger charge is 2.16. The summed E-state index contributed by atoms with van der Waals surface area (Å²) >= 11 is 1.09. The van der Waals surface area contributed by atoms with Crippen LogP contribution in [-0.4, -0.2) is 27.7 Å². The minimum absolute atomic E-state index is 0.144. The number of nitrogens with one attached hydrogen (secondary N) is 2. The lowest BCUT2D eigenvalue weighted by molar-refractivity contribution is -0.120. The zero-order valence-corrected chi connectivity index (χ0v) is 12.0. The Morgan fingerprint density at radius 1 is 1.62 bits per heavy atom. The second-order valence-electron chi connectivity index (χ2n) is 4.21. The Bertz CT molecular complexity index is 782. The number of carbonyl (C=O) groups is 1. The number of carbonyl (C=O) groups excluding carboxylic acids is 1. The molecule has 0 aliphatic heterocycles. The van der Waals surface area contributed by atoms with Crippen molar-refractivity contribution >= 4 is 28.6 Å². The van der Waals surface area contributed by atoms with Crippen molar-refractivity contribution in [3.05, 3.63) is 34.4 Å². The van der Waals surface area contributed by atoms with Crippen LogP contribution < -0.4 is 10.9 Å². The second kappa shape index (κ2) is 6.41. The lowest BCUT2D eigenvalue weighted by Crippen LogP contribution is -2.31. The lowest BCUT2D eigenvalue weighted by atomic mass is 10.2. The minimum atomic E-state index is -0.503. The summed E-state index contributed by atoms with van der Waals surface area (Å²) in [5, 5.41) is 2.54. The van der Waals surface area contributed by atoms with Crippen molar-refractivity contribution < 1.29 is 9.18 Å². The van der Waals surface area contributed by atoms with E-state index in [1.54, 1.807) is 6.92 Å². The molecule has 21 heavy (non-hydrogen) atoms. The monoisotopic (exact) mass is 305 g/mol. The predicted molar refractivity (Wildman–Crippen MR) is 79.5 cm³/mol. The fourth-order valence-corrected chi connectivity index (χ4v) is 2.48. The third-order valence-electron chi connectivity index (χ3n) is 2.67. The molecule has 0 fully saturated rings. The summed E-state index contributed by atoms with van der Waals surface area (Å²) in [5.41, 5.74) is -0.0721. The Hall–Kier alpha value is -2.33. The molecule has 2 rings (SSSR count). The molecule has 1 aromatic heterocycles. The first-order valence-electron chi connectivity index (χ1n) is 6.08. The van der Waals surface area contributed by atoms with Gasteiger partial charge in [0, 0.05) is 0 Å². The van der Waals surface area contributed by atoms with Gasteiger partial charge >= 0.3 is 0 Å². The van der Waals surface area contributed by atoms with E-state index in [2.05, 4.69) is 21.2 Å². The third kappa shape index (κ3) is 3.61. The van der Waals surface area contributed by atoms with Gasteiger partial charge in [-0.05, 0) is 25.1 Å². The molecular weight excluding hydrogens is 293 g/mol. The molecule has 0 bridgehead atoms. The largest absolute Gasteiger partial charge is 0.344 e. The van der Waals surface area contributed by atoms with E-state index in [0.29, 0.717) is 10.7 Å². The first kappa shape index (κ1) is 15.1. The fraction of sp³-hybridized carbons (Fsp3) is 0.214. The van der Waals surface area contributed by atoms with E-state index >= 15 is 0 Å². The molecule has 0 aliphatic rings. The predicted octanol–water partition coefficient (Wildman–Crippen LogP) is 1.29. The number of fused-ring (bicyclic) bond motifs is 1. The van der Waals surface area contributed by atoms with Crippen molar-refractivity contribution in [1.29, 1.82) is 0 Å². The van der Waals surface area contributed by atoms with Crippen LogP contribution in [-0.2, 0) is 4.79 Å². The fourth-order valence-electron chi connectivity index (χ4n) is 1.65. The van der Waals surface area contributed by atoms with E-state index in [1.165, 1.54) is 12.1 Å². The number of rotatable bonds is 4. The van der Waals surface area contributed by atoms with Crippen LogP contribution in [0.4, 0.5) is 4.39 Å². The van der Waals surface area contributed by atoms with Crippen LogP contribution in [0.2, 0.25) is 0 Å². The van der Waals surface area contributed by atoms with Crippen molar-refractivity contribution in [3.8, 4) is 12.3 Å². The summed E-state index contributed by atoms with van der Waals surface area (Å²) in [4.78, 5) is 30.3. The molecule has 5 nitrogen and oxygen atoms in total. The normalized spacial score (nSPS) is 11.9. The maximum atomic E-state index is 13.1. The van der Waals surface area contributed by atoms with E-state index in [9.17, 15) is 14.0 Å². The van der Waals surface area contributed by atoms with Crippen LogP contribution in [0.25, 0.3) is 10.9 Å². The molecule has 7 heteroatoms. The molecule has 1 amide bonds. The number of H-pyrrole nitrogens is 1. The Morgan fingerprint density at radius 3 is 3.10 bits per heavy atom. The maximum Gasteiger partial charge on any atom is 0.259 e. The summed E-state index contributed by atoms with van der Waals surface area (Å²) in [6.45, 7) is 1.82. The van der Waals surface area contributed by atoms with Gasteiger partial charge in [0.25, 0.3) is 5.56 Å². The van der Waals surface area contributed by atoms with Crippen molar-refractivity contribution in [2.24, 2.45) is 0 Å². The number of aromatic amines is 1. The molecule has 0 saturated heterocycles. The lowest BCUT2D eigenvalue weighted by Gasteiger charge is -2.10. The highest BCUT2D eigenvalue weighted by molar-refractivity contribution is 8.00. The van der Waals surface area contributed by atoms with Gasteiger partial charge in [-0.2, -0.15) is 0 Å². The summed E-state index contributed by atoms with van der Waals surface area (Å²) < 4.78 is 13.1. The van der Waals surface area contributed by atoms with Crippen molar-refractivity contribution in [3.63, 3.8) is 0 Å². The number of terminal acetylenes is 1. The van der Waals surface area contributed by atoms with Gasteiger partial charge in [0.15, 0.2) is 5.16 Å². The molecule has 1 heterocycles. The van der Waals surface area contributed by atoms with Crippen molar-refractivity contribution in [2.45, 2.75) is 17.3 Å². The van der Waals surface area contributed by atoms with Gasteiger partial charge in [-0.15, -0.1) is 6.42 Å². The molecule has 0 spiro atoms. The Labute approximate surface area is 124 Å². The minimum Gasteiger partial charge on any atom is -0.344 e. The van der Waals surface area contributed by atoms with Gasteiger partial charge in [-0.3, -0.25) is 9.59 Å². The number of hydrogen-bond donors (Lipinski definition) is 2. The van der Waals surface area contributed by atoms with Gasteiger partial charge in [0.05, 0.1) is 22.7 Å². The molecule has 1 aromatic carbocycles. The number of amides is 1. The number of benzene rings is 1. The van der Waals surface area contributed by atoms with E-state index in [4.69, 9.17) is 6.42 Å². The molecule has 0 unspecified atom stereocenters. The first-order valence-corrected chi connectivity index (χ1v) is 6.96. The number of halogens is 1. The number of aromatic nitrogens is 2. The number of nitrogens with zero attached hydrogens (tertiary/aromatic N) is 1. The highest BCUT2D eigenvalue weighted by Crippen LogP contribution is 2.20. The third-order valence-corrected chi connectivity index (χ3v) is 3.65.